The zero-order chi connectivity index (χ0) is 20.1. The van der Waals surface area contributed by atoms with Crippen molar-refractivity contribution in [1.82, 2.24) is 20.4 Å². The lowest BCUT2D eigenvalue weighted by Crippen LogP contribution is -2.47. The zero-order valence-electron chi connectivity index (χ0n) is 16.5. The fourth-order valence-electron chi connectivity index (χ4n) is 3.61. The van der Waals surface area contributed by atoms with E-state index in [0.29, 0.717) is 30.0 Å². The van der Waals surface area contributed by atoms with Crippen molar-refractivity contribution in [3.05, 3.63) is 46.1 Å². The number of amides is 1. The molecule has 158 valence electrons. The van der Waals surface area contributed by atoms with Crippen LogP contribution in [0.4, 0.5) is 5.69 Å². The van der Waals surface area contributed by atoms with Gasteiger partial charge in [-0.15, -0.1) is 12.4 Å². The van der Waals surface area contributed by atoms with Crippen molar-refractivity contribution in [2.45, 2.75) is 12.8 Å². The molecule has 1 aromatic carbocycles. The van der Waals surface area contributed by atoms with E-state index in [0.717, 1.165) is 25.9 Å². The van der Waals surface area contributed by atoms with Gasteiger partial charge in [0.05, 0.1) is 17.1 Å². The fourth-order valence-corrected chi connectivity index (χ4v) is 3.61. The number of nitrogens with one attached hydrogen (secondary N) is 2. The van der Waals surface area contributed by atoms with Crippen molar-refractivity contribution in [2.75, 3.05) is 33.4 Å². The summed E-state index contributed by atoms with van der Waals surface area (Å²) in [5, 5.41) is 21.6. The van der Waals surface area contributed by atoms with Crippen LogP contribution in [0, 0.1) is 15.5 Å². The molecule has 0 aliphatic carbocycles. The molecule has 0 spiro atoms. The Labute approximate surface area is 175 Å². The van der Waals surface area contributed by atoms with Crippen LogP contribution in [-0.4, -0.2) is 54.0 Å². The molecule has 1 amide bonds. The smallest absolute Gasteiger partial charge is 0.269 e. The average molecular weight is 424 g/mol. The minimum absolute atomic E-state index is 0. The van der Waals surface area contributed by atoms with Crippen molar-refractivity contribution in [3.63, 3.8) is 0 Å². The van der Waals surface area contributed by atoms with Gasteiger partial charge in [-0.3, -0.25) is 19.6 Å². The third-order valence-corrected chi connectivity index (χ3v) is 5.16. The summed E-state index contributed by atoms with van der Waals surface area (Å²) in [6, 6.07) is 6.04. The molecule has 2 heterocycles. The van der Waals surface area contributed by atoms with Crippen LogP contribution in [0.2, 0.25) is 0 Å². The molecule has 3 rings (SSSR count). The molecular formula is C19H26ClN5O4. The van der Waals surface area contributed by atoms with E-state index in [-0.39, 0.29) is 29.4 Å². The number of carbonyl (C=O) groups excluding carboxylic acids is 1. The Bertz CT molecular complexity index is 841. The molecule has 1 aliphatic rings. The lowest BCUT2D eigenvalue weighted by atomic mass is 9.79. The maximum atomic E-state index is 12.9. The normalized spacial score (nSPS) is 15.4. The van der Waals surface area contributed by atoms with Crippen molar-refractivity contribution in [2.24, 2.45) is 12.5 Å². The van der Waals surface area contributed by atoms with Crippen molar-refractivity contribution < 1.29 is 14.5 Å². The second-order valence-corrected chi connectivity index (χ2v) is 7.23. The first-order chi connectivity index (χ1) is 13.4. The van der Waals surface area contributed by atoms with Gasteiger partial charge < -0.3 is 15.4 Å². The van der Waals surface area contributed by atoms with E-state index in [2.05, 4.69) is 15.7 Å². The van der Waals surface area contributed by atoms with Gasteiger partial charge in [-0.05, 0) is 38.1 Å². The topological polar surface area (TPSA) is 111 Å². The minimum Gasteiger partial charge on any atom is -0.384 e. The molecule has 29 heavy (non-hydrogen) atoms. The van der Waals surface area contributed by atoms with Crippen molar-refractivity contribution in [1.29, 1.82) is 0 Å². The Morgan fingerprint density at radius 2 is 2.00 bits per heavy atom. The molecule has 9 nitrogen and oxygen atoms in total. The molecule has 0 saturated carbocycles. The van der Waals surface area contributed by atoms with Gasteiger partial charge in [-0.1, -0.05) is 0 Å². The summed E-state index contributed by atoms with van der Waals surface area (Å²) in [4.78, 5) is 23.3. The lowest BCUT2D eigenvalue weighted by Gasteiger charge is -2.37. The summed E-state index contributed by atoms with van der Waals surface area (Å²) in [7, 11) is 3.42. The quantitative estimate of drug-likeness (QED) is 0.521. The van der Waals surface area contributed by atoms with Crippen LogP contribution in [0.3, 0.4) is 0 Å². The van der Waals surface area contributed by atoms with Crippen LogP contribution in [0.15, 0.2) is 30.5 Å². The average Bonchev–Trinajstić information content (AvgIpc) is 3.09. The summed E-state index contributed by atoms with van der Waals surface area (Å²) in [5.41, 5.74) is 1.52. The summed E-state index contributed by atoms with van der Waals surface area (Å²) >= 11 is 0. The highest BCUT2D eigenvalue weighted by Crippen LogP contribution is 2.29. The van der Waals surface area contributed by atoms with Crippen LogP contribution in [-0.2, 0) is 11.8 Å². The number of aryl methyl sites for hydroxylation is 1. The third kappa shape index (κ3) is 5.31. The number of carbonyl (C=O) groups is 1. The first-order valence-electron chi connectivity index (χ1n) is 9.20. The van der Waals surface area contributed by atoms with Gasteiger partial charge in [-0.25, -0.2) is 0 Å². The summed E-state index contributed by atoms with van der Waals surface area (Å²) in [5.74, 6) is -0.213. The number of nitrogens with zero attached hydrogens (tertiary/aromatic N) is 3. The molecule has 1 aliphatic heterocycles. The SMILES string of the molecule is COCC1(CNC(=O)c2cn(C)nc2-c2ccc([N+](=O)[O-])cc2)CCNCC1.Cl. The molecule has 1 saturated heterocycles. The predicted octanol–water partition coefficient (Wildman–Crippen LogP) is 2.16. The molecule has 1 fully saturated rings. The van der Waals surface area contributed by atoms with Gasteiger partial charge >= 0.3 is 0 Å². The Balaban J connectivity index is 0.00000300. The Morgan fingerprint density at radius 1 is 1.34 bits per heavy atom. The molecule has 0 atom stereocenters. The summed E-state index contributed by atoms with van der Waals surface area (Å²) < 4.78 is 6.97. The van der Waals surface area contributed by atoms with E-state index in [4.69, 9.17) is 4.74 Å². The van der Waals surface area contributed by atoms with Crippen molar-refractivity contribution >= 4 is 24.0 Å². The number of piperidine rings is 1. The van der Waals surface area contributed by atoms with Gasteiger partial charge in [0.1, 0.15) is 5.69 Å². The molecule has 2 aromatic rings. The Hall–Kier alpha value is -2.49. The second kappa shape index (κ2) is 9.82. The lowest BCUT2D eigenvalue weighted by molar-refractivity contribution is -0.384. The summed E-state index contributed by atoms with van der Waals surface area (Å²) in [6.45, 7) is 2.92. The molecular weight excluding hydrogens is 398 g/mol. The summed E-state index contributed by atoms with van der Waals surface area (Å²) in [6.07, 6.45) is 3.53. The maximum Gasteiger partial charge on any atom is 0.269 e. The minimum atomic E-state index is -0.454. The highest BCUT2D eigenvalue weighted by atomic mass is 35.5. The number of aromatic nitrogens is 2. The monoisotopic (exact) mass is 423 g/mol. The first kappa shape index (κ1) is 22.8. The van der Waals surface area contributed by atoms with Gasteiger partial charge in [0, 0.05) is 50.0 Å². The number of ether oxygens (including phenoxy) is 1. The molecule has 0 radical (unpaired) electrons. The van der Waals surface area contributed by atoms with Crippen LogP contribution in [0.1, 0.15) is 23.2 Å². The number of halogens is 1. The molecule has 0 unspecified atom stereocenters. The predicted molar refractivity (Wildman–Crippen MR) is 111 cm³/mol. The highest BCUT2D eigenvalue weighted by molar-refractivity contribution is 5.99. The molecule has 10 heteroatoms. The van der Waals surface area contributed by atoms with E-state index >= 15 is 0 Å². The van der Waals surface area contributed by atoms with E-state index in [9.17, 15) is 14.9 Å². The number of non-ortho nitro benzene ring substituents is 1. The number of rotatable bonds is 7. The number of hydrogen-bond donors (Lipinski definition) is 2. The van der Waals surface area contributed by atoms with Gasteiger partial charge in [0.25, 0.3) is 11.6 Å². The fraction of sp³-hybridized carbons (Fsp3) is 0.474. The van der Waals surface area contributed by atoms with E-state index in [1.54, 1.807) is 37.2 Å². The number of nitro benzene ring substituents is 1. The van der Waals surface area contributed by atoms with Crippen LogP contribution >= 0.6 is 12.4 Å². The number of methoxy groups -OCH3 is 1. The number of hydrogen-bond acceptors (Lipinski definition) is 6. The number of nitro groups is 1. The van der Waals surface area contributed by atoms with Crippen molar-refractivity contribution in [3.8, 4) is 11.3 Å². The molecule has 2 N–H and O–H groups in total. The van der Waals surface area contributed by atoms with Gasteiger partial charge in [0.15, 0.2) is 0 Å². The van der Waals surface area contributed by atoms with E-state index in [1.807, 2.05) is 0 Å². The molecule has 0 bridgehead atoms. The molecule has 1 aromatic heterocycles. The first-order valence-corrected chi connectivity index (χ1v) is 9.20. The van der Waals surface area contributed by atoms with Crippen LogP contribution in [0.25, 0.3) is 11.3 Å². The van der Waals surface area contributed by atoms with Gasteiger partial charge in [-0.2, -0.15) is 5.10 Å². The largest absolute Gasteiger partial charge is 0.384 e. The van der Waals surface area contributed by atoms with Crippen LogP contribution in [0.5, 0.6) is 0 Å². The van der Waals surface area contributed by atoms with Gasteiger partial charge in [0.2, 0.25) is 0 Å². The number of benzene rings is 1. The highest BCUT2D eigenvalue weighted by Gasteiger charge is 2.33. The Morgan fingerprint density at radius 3 is 2.59 bits per heavy atom. The van der Waals surface area contributed by atoms with E-state index < -0.39 is 4.92 Å². The van der Waals surface area contributed by atoms with Crippen LogP contribution < -0.4 is 10.6 Å². The van der Waals surface area contributed by atoms with E-state index in [1.165, 1.54) is 12.1 Å². The second-order valence-electron chi connectivity index (χ2n) is 7.23. The zero-order valence-corrected chi connectivity index (χ0v) is 17.3. The maximum absolute atomic E-state index is 12.9. The standard InChI is InChI=1S/C19H25N5O4.ClH/c1-23-11-16(17(22-23)14-3-5-15(6-4-14)24(26)27)18(25)21-12-19(13-28-2)7-9-20-10-8-19;/h3-6,11,20H,7-10,12-13H2,1-2H3,(H,21,25);1H. The third-order valence-electron chi connectivity index (χ3n) is 5.16. The Kier molecular flexibility index (Phi) is 7.72.